The van der Waals surface area contributed by atoms with E-state index in [0.717, 1.165) is 49.7 Å². The Morgan fingerprint density at radius 2 is 1.50 bits per heavy atom. The highest BCUT2D eigenvalue weighted by Crippen LogP contribution is 2.37. The molecule has 2 amide bonds. The molecule has 5 rings (SSSR count). The molecule has 1 aliphatic rings. The summed E-state index contributed by atoms with van der Waals surface area (Å²) in [5.74, 6) is -0.461. The average molecular weight is 520 g/mol. The number of aromatic nitrogens is 2. The van der Waals surface area contributed by atoms with Crippen molar-refractivity contribution in [2.24, 2.45) is 0 Å². The summed E-state index contributed by atoms with van der Waals surface area (Å²) in [4.78, 5) is 39.7. The Labute approximate surface area is 227 Å². The van der Waals surface area contributed by atoms with E-state index in [1.54, 1.807) is 23.7 Å². The molecule has 1 aliphatic heterocycles. The van der Waals surface area contributed by atoms with E-state index in [0.29, 0.717) is 11.1 Å². The third kappa shape index (κ3) is 4.75. The van der Waals surface area contributed by atoms with Crippen LogP contribution in [-0.2, 0) is 16.1 Å². The summed E-state index contributed by atoms with van der Waals surface area (Å²) in [5.41, 5.74) is 8.35. The van der Waals surface area contributed by atoms with Gasteiger partial charge < -0.3 is 0 Å². The molecule has 0 aliphatic carbocycles. The molecule has 0 saturated carbocycles. The molecule has 0 atom stereocenters. The Morgan fingerprint density at radius 3 is 2.13 bits per heavy atom. The lowest BCUT2D eigenvalue weighted by atomic mass is 9.95. The van der Waals surface area contributed by atoms with E-state index in [9.17, 15) is 9.59 Å². The fourth-order valence-electron chi connectivity index (χ4n) is 4.92. The van der Waals surface area contributed by atoms with Crippen LogP contribution in [0.3, 0.4) is 0 Å². The lowest BCUT2D eigenvalue weighted by molar-refractivity contribution is -0.137. The number of carbonyl (C=O) groups excluding carboxylic acids is 2. The normalized spacial score (nSPS) is 14.9. The second-order valence-corrected chi connectivity index (χ2v) is 11.2. The third-order valence-electron chi connectivity index (χ3n) is 6.80. The number of carbonyl (C=O) groups is 2. The molecule has 4 heterocycles. The van der Waals surface area contributed by atoms with Gasteiger partial charge in [-0.05, 0) is 92.8 Å². The highest BCUT2D eigenvalue weighted by Gasteiger charge is 2.40. The Morgan fingerprint density at radius 1 is 0.789 bits per heavy atom. The van der Waals surface area contributed by atoms with Crippen molar-refractivity contribution < 1.29 is 9.59 Å². The number of rotatable bonds is 5. The van der Waals surface area contributed by atoms with Crippen molar-refractivity contribution in [2.75, 3.05) is 0 Å². The molecule has 0 spiro atoms. The van der Waals surface area contributed by atoms with Crippen molar-refractivity contribution in [2.45, 2.75) is 41.2 Å². The molecule has 5 nitrogen and oxygen atoms in total. The Hall–Kier alpha value is -4.16. The number of benzene rings is 1. The zero-order valence-electron chi connectivity index (χ0n) is 22.2. The van der Waals surface area contributed by atoms with Gasteiger partial charge >= 0.3 is 0 Å². The molecule has 3 aromatic heterocycles. The molecule has 0 unspecified atom stereocenters. The van der Waals surface area contributed by atoms with Crippen LogP contribution in [0.4, 0.5) is 0 Å². The monoisotopic (exact) mass is 519 g/mol. The van der Waals surface area contributed by atoms with E-state index in [-0.39, 0.29) is 18.4 Å². The van der Waals surface area contributed by atoms with E-state index >= 15 is 0 Å². The van der Waals surface area contributed by atoms with Crippen LogP contribution in [0.25, 0.3) is 28.1 Å². The van der Waals surface area contributed by atoms with Gasteiger partial charge in [0.1, 0.15) is 0 Å². The summed E-state index contributed by atoms with van der Waals surface area (Å²) in [6, 6.07) is 19.8. The van der Waals surface area contributed by atoms with E-state index in [4.69, 9.17) is 0 Å². The molecule has 6 heteroatoms. The van der Waals surface area contributed by atoms with Crippen molar-refractivity contribution in [3.8, 4) is 22.5 Å². The summed E-state index contributed by atoms with van der Waals surface area (Å²) in [6.45, 7) is 10.1. The Kier molecular flexibility index (Phi) is 6.91. The van der Waals surface area contributed by atoms with Crippen molar-refractivity contribution >= 4 is 28.7 Å². The minimum absolute atomic E-state index is 0.225. The smallest absolute Gasteiger partial charge is 0.262 e. The van der Waals surface area contributed by atoms with Gasteiger partial charge in [-0.15, -0.1) is 11.3 Å². The summed E-state index contributed by atoms with van der Waals surface area (Å²) in [6.07, 6.45) is 3.54. The first-order valence-corrected chi connectivity index (χ1v) is 13.4. The number of aryl methyl sites for hydroxylation is 2. The fraction of sp³-hybridized carbons (Fsp3) is 0.188. The number of allylic oxidation sites excluding steroid dienone is 2. The highest BCUT2D eigenvalue weighted by molar-refractivity contribution is 7.12. The van der Waals surface area contributed by atoms with Crippen molar-refractivity contribution in [3.63, 3.8) is 0 Å². The van der Waals surface area contributed by atoms with E-state index in [2.05, 4.69) is 29.9 Å². The number of hydrogen-bond donors (Lipinski definition) is 0. The van der Waals surface area contributed by atoms with E-state index < -0.39 is 0 Å². The zero-order valence-corrected chi connectivity index (χ0v) is 23.0. The van der Waals surface area contributed by atoms with Gasteiger partial charge in [0, 0.05) is 22.1 Å². The first-order chi connectivity index (χ1) is 18.2. The molecule has 38 heavy (non-hydrogen) atoms. The van der Waals surface area contributed by atoms with Crippen LogP contribution in [0.1, 0.15) is 41.7 Å². The lowest BCUT2D eigenvalue weighted by Gasteiger charge is -2.14. The van der Waals surface area contributed by atoms with Gasteiger partial charge in [-0.1, -0.05) is 35.9 Å². The van der Waals surface area contributed by atoms with Crippen LogP contribution in [0.2, 0.25) is 0 Å². The predicted molar refractivity (Wildman–Crippen MR) is 153 cm³/mol. The number of thiophene rings is 1. The van der Waals surface area contributed by atoms with Gasteiger partial charge in [-0.25, -0.2) is 0 Å². The van der Waals surface area contributed by atoms with Crippen LogP contribution >= 0.6 is 11.3 Å². The van der Waals surface area contributed by atoms with Crippen LogP contribution in [0.15, 0.2) is 89.8 Å². The Balaban J connectivity index is 1.43. The number of pyridine rings is 2. The number of imide groups is 1. The second-order valence-electron chi connectivity index (χ2n) is 9.74. The van der Waals surface area contributed by atoms with Crippen molar-refractivity contribution in [1.29, 1.82) is 0 Å². The summed E-state index contributed by atoms with van der Waals surface area (Å²) >= 11 is 1.70. The van der Waals surface area contributed by atoms with Crippen LogP contribution in [-0.4, -0.2) is 26.7 Å². The minimum atomic E-state index is -0.231. The van der Waals surface area contributed by atoms with Crippen molar-refractivity contribution in [1.82, 2.24) is 14.9 Å². The van der Waals surface area contributed by atoms with Gasteiger partial charge in [-0.3, -0.25) is 24.5 Å². The average Bonchev–Trinajstić information content (AvgIpc) is 3.39. The summed E-state index contributed by atoms with van der Waals surface area (Å²) < 4.78 is 0. The third-order valence-corrected chi connectivity index (χ3v) is 7.77. The number of amides is 2. The van der Waals surface area contributed by atoms with Crippen LogP contribution < -0.4 is 0 Å². The SMILES string of the molecule is CC(C)=C1C(=O)N(Cc2ccc(-c3ccnc(-c4ccccn4)c3)cc2)C(=O)/C1=C(/C)c1cc(C)sc1C. The lowest BCUT2D eigenvalue weighted by Crippen LogP contribution is -2.29. The maximum Gasteiger partial charge on any atom is 0.262 e. The first-order valence-electron chi connectivity index (χ1n) is 12.5. The number of likely N-dealkylation sites (tertiary alicyclic amines) is 1. The maximum atomic E-state index is 13.6. The summed E-state index contributed by atoms with van der Waals surface area (Å²) in [7, 11) is 0. The van der Waals surface area contributed by atoms with Gasteiger partial charge in [0.15, 0.2) is 0 Å². The summed E-state index contributed by atoms with van der Waals surface area (Å²) in [5, 5.41) is 0. The second kappa shape index (κ2) is 10.3. The molecule has 1 saturated heterocycles. The van der Waals surface area contributed by atoms with E-state index in [1.807, 2.05) is 75.4 Å². The Bertz CT molecular complexity index is 1610. The molecule has 0 N–H and O–H groups in total. The van der Waals surface area contributed by atoms with Gasteiger partial charge in [0.05, 0.1) is 29.1 Å². The molecule has 190 valence electrons. The first kappa shape index (κ1) is 25.5. The molecule has 0 radical (unpaired) electrons. The molecular formula is C32H29N3O2S. The predicted octanol–water partition coefficient (Wildman–Crippen LogP) is 7.17. The zero-order chi connectivity index (χ0) is 27.0. The maximum absolute atomic E-state index is 13.6. The number of nitrogens with zero attached hydrogens (tertiary/aromatic N) is 3. The molecule has 4 aromatic rings. The standard InChI is InChI=1S/C32H29N3O2S/c1-19(2)29-30(21(4)26-16-20(3)38-22(26)5)32(37)35(31(29)36)18-23-9-11-24(12-10-23)25-13-15-34-28(17-25)27-8-6-7-14-33-27/h6-17H,18H2,1-5H3/b30-21-. The molecule has 0 bridgehead atoms. The molecule has 1 aromatic carbocycles. The van der Waals surface area contributed by atoms with Gasteiger partial charge in [0.2, 0.25) is 0 Å². The quantitative estimate of drug-likeness (QED) is 0.207. The van der Waals surface area contributed by atoms with Crippen LogP contribution in [0.5, 0.6) is 0 Å². The van der Waals surface area contributed by atoms with Gasteiger partial charge in [0.25, 0.3) is 11.8 Å². The van der Waals surface area contributed by atoms with Gasteiger partial charge in [-0.2, -0.15) is 0 Å². The topological polar surface area (TPSA) is 63.2 Å². The highest BCUT2D eigenvalue weighted by atomic mass is 32.1. The fourth-order valence-corrected chi connectivity index (χ4v) is 5.90. The number of hydrogen-bond acceptors (Lipinski definition) is 5. The van der Waals surface area contributed by atoms with E-state index in [1.165, 1.54) is 9.78 Å². The van der Waals surface area contributed by atoms with Crippen molar-refractivity contribution in [3.05, 3.63) is 111 Å². The largest absolute Gasteiger partial charge is 0.270 e. The molecule has 1 fully saturated rings. The minimum Gasteiger partial charge on any atom is -0.270 e. The molecular weight excluding hydrogens is 490 g/mol. The van der Waals surface area contributed by atoms with Crippen LogP contribution in [0, 0.1) is 13.8 Å².